The zero-order valence-corrected chi connectivity index (χ0v) is 9.13. The SMILES string of the molecule is CC(C)(C)OC(=O)C=C1CCOCC1. The first kappa shape index (κ1) is 11.2. The van der Waals surface area contributed by atoms with E-state index in [1.165, 1.54) is 0 Å². The van der Waals surface area contributed by atoms with Crippen molar-refractivity contribution in [3.8, 4) is 0 Å². The lowest BCUT2D eigenvalue weighted by Gasteiger charge is -2.19. The first-order chi connectivity index (χ1) is 6.47. The molecule has 1 rings (SSSR count). The van der Waals surface area contributed by atoms with Crippen LogP contribution in [0.4, 0.5) is 0 Å². The van der Waals surface area contributed by atoms with Gasteiger partial charge in [-0.1, -0.05) is 5.57 Å². The van der Waals surface area contributed by atoms with Gasteiger partial charge in [-0.3, -0.25) is 0 Å². The van der Waals surface area contributed by atoms with E-state index in [1.54, 1.807) is 6.08 Å². The van der Waals surface area contributed by atoms with Crippen LogP contribution in [0.25, 0.3) is 0 Å². The van der Waals surface area contributed by atoms with Gasteiger partial charge in [0.1, 0.15) is 5.60 Å². The summed E-state index contributed by atoms with van der Waals surface area (Å²) >= 11 is 0. The largest absolute Gasteiger partial charge is 0.457 e. The maximum atomic E-state index is 11.4. The smallest absolute Gasteiger partial charge is 0.331 e. The van der Waals surface area contributed by atoms with Gasteiger partial charge >= 0.3 is 5.97 Å². The summed E-state index contributed by atoms with van der Waals surface area (Å²) in [5, 5.41) is 0. The third-order valence-electron chi connectivity index (χ3n) is 1.86. The number of hydrogen-bond acceptors (Lipinski definition) is 3. The normalized spacial score (nSPS) is 17.8. The molecule has 1 aliphatic heterocycles. The molecule has 3 nitrogen and oxygen atoms in total. The second kappa shape index (κ2) is 4.60. The summed E-state index contributed by atoms with van der Waals surface area (Å²) in [7, 11) is 0. The Bertz CT molecular complexity index is 227. The van der Waals surface area contributed by atoms with E-state index in [4.69, 9.17) is 9.47 Å². The van der Waals surface area contributed by atoms with Crippen LogP contribution in [0.15, 0.2) is 11.6 Å². The van der Waals surface area contributed by atoms with Crippen molar-refractivity contribution in [1.82, 2.24) is 0 Å². The van der Waals surface area contributed by atoms with Gasteiger partial charge in [-0.05, 0) is 33.6 Å². The molecule has 0 saturated carbocycles. The zero-order chi connectivity index (χ0) is 10.6. The first-order valence-corrected chi connectivity index (χ1v) is 4.97. The second-order valence-corrected chi connectivity index (χ2v) is 4.45. The van der Waals surface area contributed by atoms with Crippen molar-refractivity contribution in [2.45, 2.75) is 39.2 Å². The van der Waals surface area contributed by atoms with Gasteiger partial charge in [0.15, 0.2) is 0 Å². The van der Waals surface area contributed by atoms with Crippen molar-refractivity contribution in [3.05, 3.63) is 11.6 Å². The Kier molecular flexibility index (Phi) is 3.69. The van der Waals surface area contributed by atoms with Gasteiger partial charge in [0.25, 0.3) is 0 Å². The van der Waals surface area contributed by atoms with Crippen molar-refractivity contribution in [3.63, 3.8) is 0 Å². The van der Waals surface area contributed by atoms with Crippen LogP contribution >= 0.6 is 0 Å². The van der Waals surface area contributed by atoms with E-state index in [2.05, 4.69) is 0 Å². The quantitative estimate of drug-likeness (QED) is 0.478. The molecule has 14 heavy (non-hydrogen) atoms. The Morgan fingerprint density at radius 2 is 1.93 bits per heavy atom. The standard InChI is InChI=1S/C11H18O3/c1-11(2,3)14-10(12)8-9-4-6-13-7-5-9/h8H,4-7H2,1-3H3. The molecule has 0 aliphatic carbocycles. The van der Waals surface area contributed by atoms with Gasteiger partial charge in [-0.2, -0.15) is 0 Å². The fourth-order valence-electron chi connectivity index (χ4n) is 1.28. The summed E-state index contributed by atoms with van der Waals surface area (Å²) in [6.45, 7) is 7.04. The predicted octanol–water partition coefficient (Wildman–Crippen LogP) is 2.06. The highest BCUT2D eigenvalue weighted by Gasteiger charge is 2.15. The van der Waals surface area contributed by atoms with Crippen LogP contribution in [0.1, 0.15) is 33.6 Å². The molecule has 0 N–H and O–H groups in total. The second-order valence-electron chi connectivity index (χ2n) is 4.45. The lowest BCUT2D eigenvalue weighted by molar-refractivity contribution is -0.148. The van der Waals surface area contributed by atoms with Crippen LogP contribution < -0.4 is 0 Å². The van der Waals surface area contributed by atoms with E-state index in [-0.39, 0.29) is 5.97 Å². The third kappa shape index (κ3) is 4.42. The van der Waals surface area contributed by atoms with Crippen LogP contribution in [0.2, 0.25) is 0 Å². The van der Waals surface area contributed by atoms with E-state index in [0.29, 0.717) is 13.2 Å². The molecular formula is C11H18O3. The van der Waals surface area contributed by atoms with E-state index in [1.807, 2.05) is 20.8 Å². The van der Waals surface area contributed by atoms with Gasteiger partial charge in [-0.15, -0.1) is 0 Å². The molecule has 0 aromatic rings. The summed E-state index contributed by atoms with van der Waals surface area (Å²) in [6, 6.07) is 0. The molecule has 1 fully saturated rings. The van der Waals surface area contributed by atoms with Gasteiger partial charge in [0, 0.05) is 6.08 Å². The predicted molar refractivity (Wildman–Crippen MR) is 54.0 cm³/mol. The van der Waals surface area contributed by atoms with Crippen molar-refractivity contribution >= 4 is 5.97 Å². The van der Waals surface area contributed by atoms with Crippen LogP contribution in [-0.2, 0) is 14.3 Å². The highest BCUT2D eigenvalue weighted by atomic mass is 16.6. The Labute approximate surface area is 85.1 Å². The fourth-order valence-corrected chi connectivity index (χ4v) is 1.28. The first-order valence-electron chi connectivity index (χ1n) is 4.97. The molecule has 1 aliphatic rings. The number of hydrogen-bond donors (Lipinski definition) is 0. The molecule has 0 aromatic heterocycles. The lowest BCUT2D eigenvalue weighted by atomic mass is 10.1. The summed E-state index contributed by atoms with van der Waals surface area (Å²) in [6.07, 6.45) is 3.30. The van der Waals surface area contributed by atoms with E-state index in [0.717, 1.165) is 18.4 Å². The molecule has 3 heteroatoms. The van der Waals surface area contributed by atoms with Gasteiger partial charge in [0.2, 0.25) is 0 Å². The van der Waals surface area contributed by atoms with Crippen molar-refractivity contribution in [2.75, 3.05) is 13.2 Å². The van der Waals surface area contributed by atoms with Gasteiger partial charge in [-0.25, -0.2) is 4.79 Å². The molecule has 0 aromatic carbocycles. The molecule has 0 unspecified atom stereocenters. The molecule has 0 amide bonds. The number of rotatable bonds is 1. The Balaban J connectivity index is 2.45. The van der Waals surface area contributed by atoms with Crippen LogP contribution in [0.5, 0.6) is 0 Å². The molecule has 0 radical (unpaired) electrons. The van der Waals surface area contributed by atoms with Gasteiger partial charge in [0.05, 0.1) is 13.2 Å². The minimum Gasteiger partial charge on any atom is -0.457 e. The van der Waals surface area contributed by atoms with Crippen LogP contribution in [-0.4, -0.2) is 24.8 Å². The Hall–Kier alpha value is -0.830. The third-order valence-corrected chi connectivity index (χ3v) is 1.86. The molecule has 0 bridgehead atoms. The highest BCUT2D eigenvalue weighted by molar-refractivity contribution is 5.83. The molecule has 80 valence electrons. The summed E-state index contributed by atoms with van der Waals surface area (Å²) in [5.74, 6) is -0.241. The lowest BCUT2D eigenvalue weighted by Crippen LogP contribution is -2.23. The molecule has 1 saturated heterocycles. The molecular weight excluding hydrogens is 180 g/mol. The molecule has 1 heterocycles. The molecule has 0 spiro atoms. The highest BCUT2D eigenvalue weighted by Crippen LogP contribution is 2.14. The van der Waals surface area contributed by atoms with E-state index in [9.17, 15) is 4.79 Å². The van der Waals surface area contributed by atoms with Crippen molar-refractivity contribution in [1.29, 1.82) is 0 Å². The monoisotopic (exact) mass is 198 g/mol. The maximum Gasteiger partial charge on any atom is 0.331 e. The summed E-state index contributed by atoms with van der Waals surface area (Å²) in [4.78, 5) is 11.4. The van der Waals surface area contributed by atoms with E-state index < -0.39 is 5.60 Å². The number of esters is 1. The van der Waals surface area contributed by atoms with Gasteiger partial charge < -0.3 is 9.47 Å². The van der Waals surface area contributed by atoms with Crippen LogP contribution in [0.3, 0.4) is 0 Å². The van der Waals surface area contributed by atoms with Crippen LogP contribution in [0, 0.1) is 0 Å². The fraction of sp³-hybridized carbons (Fsp3) is 0.727. The summed E-state index contributed by atoms with van der Waals surface area (Å²) in [5.41, 5.74) is 0.727. The average Bonchev–Trinajstić information content (AvgIpc) is 2.02. The van der Waals surface area contributed by atoms with E-state index >= 15 is 0 Å². The topological polar surface area (TPSA) is 35.5 Å². The number of carbonyl (C=O) groups excluding carboxylic acids is 1. The number of carbonyl (C=O) groups is 1. The minimum absolute atomic E-state index is 0.241. The Morgan fingerprint density at radius 3 is 2.43 bits per heavy atom. The average molecular weight is 198 g/mol. The minimum atomic E-state index is -0.403. The molecule has 0 atom stereocenters. The number of ether oxygens (including phenoxy) is 2. The summed E-state index contributed by atoms with van der Waals surface area (Å²) < 4.78 is 10.4. The maximum absolute atomic E-state index is 11.4. The Morgan fingerprint density at radius 1 is 1.36 bits per heavy atom. The van der Waals surface area contributed by atoms with Crippen molar-refractivity contribution < 1.29 is 14.3 Å². The zero-order valence-electron chi connectivity index (χ0n) is 9.13. The van der Waals surface area contributed by atoms with Crippen molar-refractivity contribution in [2.24, 2.45) is 0 Å².